The fourth-order valence-electron chi connectivity index (χ4n) is 3.31. The minimum atomic E-state index is -2.23. The lowest BCUT2D eigenvalue weighted by Gasteiger charge is -2.26. The van der Waals surface area contributed by atoms with E-state index < -0.39 is 64.6 Å². The molecule has 1 aliphatic heterocycles. The Balaban J connectivity index is 2.18. The highest BCUT2D eigenvalue weighted by Crippen LogP contribution is 2.39. The van der Waals surface area contributed by atoms with Crippen LogP contribution in [0.1, 0.15) is 38.7 Å². The molecule has 0 bridgehead atoms. The topological polar surface area (TPSA) is 82.1 Å². The zero-order valence-electron chi connectivity index (χ0n) is 16.4. The first-order chi connectivity index (χ1) is 14.7. The number of halogens is 4. The summed E-state index contributed by atoms with van der Waals surface area (Å²) in [6, 6.07) is 2.71. The molecule has 0 aliphatic carbocycles. The summed E-state index contributed by atoms with van der Waals surface area (Å²) in [5.74, 6) is -11.7. The number of fused-ring (bicyclic) bond motifs is 1. The number of esters is 1. The summed E-state index contributed by atoms with van der Waals surface area (Å²) in [6.45, 7) is 0. The SMILES string of the molecule is COC(=O)C[C@@H](c1ccc(OC)c(OC)c1)N1C(=O)c2c(F)c(F)c(F)c(F)c2C1=O. The second-order valence-electron chi connectivity index (χ2n) is 6.40. The molecule has 0 saturated heterocycles. The van der Waals surface area contributed by atoms with Crippen LogP contribution >= 0.6 is 0 Å². The maximum absolute atomic E-state index is 14.2. The van der Waals surface area contributed by atoms with Gasteiger partial charge in [0, 0.05) is 0 Å². The van der Waals surface area contributed by atoms with E-state index in [0.29, 0.717) is 4.90 Å². The van der Waals surface area contributed by atoms with Crippen molar-refractivity contribution in [2.45, 2.75) is 12.5 Å². The Labute approximate surface area is 173 Å². The van der Waals surface area contributed by atoms with Crippen LogP contribution in [0.15, 0.2) is 18.2 Å². The van der Waals surface area contributed by atoms with Crippen LogP contribution in [-0.4, -0.2) is 44.0 Å². The molecule has 2 aromatic rings. The maximum atomic E-state index is 14.2. The summed E-state index contributed by atoms with van der Waals surface area (Å²) < 4.78 is 70.7. The molecule has 31 heavy (non-hydrogen) atoms. The third-order valence-electron chi connectivity index (χ3n) is 4.82. The molecule has 0 spiro atoms. The molecule has 0 unspecified atom stereocenters. The van der Waals surface area contributed by atoms with Gasteiger partial charge in [-0.3, -0.25) is 19.3 Å². The summed E-state index contributed by atoms with van der Waals surface area (Å²) in [5.41, 5.74) is -2.37. The number of rotatable bonds is 6. The normalized spacial score (nSPS) is 13.8. The Kier molecular flexibility index (Phi) is 5.87. The summed E-state index contributed by atoms with van der Waals surface area (Å²) in [7, 11) is 3.73. The quantitative estimate of drug-likeness (QED) is 0.225. The van der Waals surface area contributed by atoms with E-state index in [2.05, 4.69) is 4.74 Å². The smallest absolute Gasteiger partial charge is 0.307 e. The average Bonchev–Trinajstić information content (AvgIpc) is 3.03. The fourth-order valence-corrected chi connectivity index (χ4v) is 3.31. The maximum Gasteiger partial charge on any atom is 0.307 e. The van der Waals surface area contributed by atoms with Gasteiger partial charge in [0.1, 0.15) is 0 Å². The van der Waals surface area contributed by atoms with E-state index in [9.17, 15) is 31.9 Å². The molecule has 7 nitrogen and oxygen atoms in total. The lowest BCUT2D eigenvalue weighted by atomic mass is 10.0. The van der Waals surface area contributed by atoms with Crippen molar-refractivity contribution in [3.63, 3.8) is 0 Å². The van der Waals surface area contributed by atoms with E-state index in [1.54, 1.807) is 0 Å². The molecule has 164 valence electrons. The zero-order chi connectivity index (χ0) is 23.0. The van der Waals surface area contributed by atoms with Crippen molar-refractivity contribution in [2.75, 3.05) is 21.3 Å². The van der Waals surface area contributed by atoms with E-state index in [1.165, 1.54) is 32.4 Å². The second-order valence-corrected chi connectivity index (χ2v) is 6.40. The zero-order valence-corrected chi connectivity index (χ0v) is 16.4. The van der Waals surface area contributed by atoms with Gasteiger partial charge in [0.15, 0.2) is 34.8 Å². The molecular formula is C20H15F4NO6. The van der Waals surface area contributed by atoms with Gasteiger partial charge in [-0.2, -0.15) is 0 Å². The van der Waals surface area contributed by atoms with Crippen molar-refractivity contribution in [1.82, 2.24) is 4.90 Å². The number of carbonyl (C=O) groups is 3. The molecule has 0 N–H and O–H groups in total. The first-order valence-electron chi connectivity index (χ1n) is 8.70. The van der Waals surface area contributed by atoms with Gasteiger partial charge >= 0.3 is 5.97 Å². The molecule has 3 rings (SSSR count). The number of benzene rings is 2. The first-order valence-corrected chi connectivity index (χ1v) is 8.70. The predicted octanol–water partition coefficient (Wildman–Crippen LogP) is 3.16. The molecule has 2 amide bonds. The highest BCUT2D eigenvalue weighted by molar-refractivity contribution is 6.22. The molecular weight excluding hydrogens is 426 g/mol. The van der Waals surface area contributed by atoms with Crippen molar-refractivity contribution in [3.05, 3.63) is 58.2 Å². The van der Waals surface area contributed by atoms with E-state index in [1.807, 2.05) is 0 Å². The highest BCUT2D eigenvalue weighted by Gasteiger charge is 2.47. The lowest BCUT2D eigenvalue weighted by Crippen LogP contribution is -2.35. The molecule has 0 fully saturated rings. The molecule has 0 aromatic heterocycles. The van der Waals surface area contributed by atoms with E-state index in [0.717, 1.165) is 7.11 Å². The number of hydrogen-bond acceptors (Lipinski definition) is 6. The third kappa shape index (κ3) is 3.45. The summed E-state index contributed by atoms with van der Waals surface area (Å²) >= 11 is 0. The average molecular weight is 441 g/mol. The van der Waals surface area contributed by atoms with Gasteiger partial charge < -0.3 is 14.2 Å². The Morgan fingerprint density at radius 1 is 0.871 bits per heavy atom. The highest BCUT2D eigenvalue weighted by atomic mass is 19.2. The molecule has 11 heteroatoms. The van der Waals surface area contributed by atoms with Crippen LogP contribution in [0, 0.1) is 23.3 Å². The number of nitrogens with zero attached hydrogens (tertiary/aromatic N) is 1. The van der Waals surface area contributed by atoms with Gasteiger partial charge in [0.05, 0.1) is 44.9 Å². The van der Waals surface area contributed by atoms with Crippen LogP contribution in [-0.2, 0) is 9.53 Å². The largest absolute Gasteiger partial charge is 0.493 e. The Morgan fingerprint density at radius 2 is 1.39 bits per heavy atom. The van der Waals surface area contributed by atoms with Crippen molar-refractivity contribution in [2.24, 2.45) is 0 Å². The number of ether oxygens (including phenoxy) is 3. The first kappa shape index (κ1) is 22.1. The van der Waals surface area contributed by atoms with Gasteiger partial charge in [-0.25, -0.2) is 17.6 Å². The predicted molar refractivity (Wildman–Crippen MR) is 95.7 cm³/mol. The van der Waals surface area contributed by atoms with Crippen molar-refractivity contribution in [3.8, 4) is 11.5 Å². The minimum Gasteiger partial charge on any atom is -0.493 e. The van der Waals surface area contributed by atoms with Gasteiger partial charge in [-0.15, -0.1) is 0 Å². The number of carbonyl (C=O) groups excluding carboxylic acids is 3. The van der Waals surface area contributed by atoms with Gasteiger partial charge in [0.25, 0.3) is 11.8 Å². The van der Waals surface area contributed by atoms with Crippen LogP contribution < -0.4 is 9.47 Å². The van der Waals surface area contributed by atoms with Gasteiger partial charge in [-0.05, 0) is 17.7 Å². The number of hydrogen-bond donors (Lipinski definition) is 0. The van der Waals surface area contributed by atoms with Crippen LogP contribution in [0.4, 0.5) is 17.6 Å². The monoisotopic (exact) mass is 441 g/mol. The molecule has 2 aromatic carbocycles. The molecule has 0 saturated carbocycles. The Hall–Kier alpha value is -3.63. The lowest BCUT2D eigenvalue weighted by molar-refractivity contribution is -0.141. The van der Waals surface area contributed by atoms with Crippen LogP contribution in [0.3, 0.4) is 0 Å². The molecule has 1 heterocycles. The third-order valence-corrected chi connectivity index (χ3v) is 4.82. The fraction of sp³-hybridized carbons (Fsp3) is 0.250. The summed E-state index contributed by atoms with van der Waals surface area (Å²) in [4.78, 5) is 37.9. The number of imide groups is 1. The van der Waals surface area contributed by atoms with Crippen LogP contribution in [0.25, 0.3) is 0 Å². The number of amides is 2. The molecule has 1 atom stereocenters. The van der Waals surface area contributed by atoms with Gasteiger partial charge in [-0.1, -0.05) is 6.07 Å². The summed E-state index contributed by atoms with van der Waals surface area (Å²) in [6.07, 6.45) is -0.606. The molecule has 0 radical (unpaired) electrons. The Bertz CT molecular complexity index is 1060. The summed E-state index contributed by atoms with van der Waals surface area (Å²) in [5, 5.41) is 0. The van der Waals surface area contributed by atoms with Crippen LogP contribution in [0.2, 0.25) is 0 Å². The van der Waals surface area contributed by atoms with Crippen molar-refractivity contribution in [1.29, 1.82) is 0 Å². The van der Waals surface area contributed by atoms with Crippen molar-refractivity contribution >= 4 is 17.8 Å². The van der Waals surface area contributed by atoms with E-state index in [4.69, 9.17) is 9.47 Å². The van der Waals surface area contributed by atoms with Crippen LogP contribution in [0.5, 0.6) is 11.5 Å². The standard InChI is InChI=1S/C20H15F4NO6/c1-29-10-5-4-8(6-11(10)30-2)9(7-12(26)31-3)25-19(27)13-14(20(25)28)16(22)18(24)17(23)15(13)21/h4-6,9H,7H2,1-3H3/t9-/m0/s1. The number of methoxy groups -OCH3 is 3. The van der Waals surface area contributed by atoms with E-state index >= 15 is 0 Å². The second kappa shape index (κ2) is 8.25. The Morgan fingerprint density at radius 3 is 1.84 bits per heavy atom. The van der Waals surface area contributed by atoms with E-state index in [-0.39, 0.29) is 17.1 Å². The minimum absolute atomic E-state index is 0.138. The van der Waals surface area contributed by atoms with Gasteiger partial charge in [0.2, 0.25) is 0 Å². The van der Waals surface area contributed by atoms with Crippen molar-refractivity contribution < 1.29 is 46.2 Å². The molecule has 1 aliphatic rings.